The molecule has 0 amide bonds. The van der Waals surface area contributed by atoms with Crippen LogP contribution in [0, 0.1) is 0 Å². The third kappa shape index (κ3) is 5.86. The molecule has 276 valence electrons. The number of hydrogen-bond donors (Lipinski definition) is 0. The van der Waals surface area contributed by atoms with E-state index in [2.05, 4.69) is 188 Å². The number of rotatable bonds is 7. The van der Waals surface area contributed by atoms with Gasteiger partial charge in [-0.2, -0.15) is 0 Å². The fourth-order valence-corrected chi connectivity index (χ4v) is 9.07. The molecule has 3 heteroatoms. The van der Waals surface area contributed by atoms with Crippen LogP contribution in [0.15, 0.2) is 224 Å². The highest BCUT2D eigenvalue weighted by atomic mass is 15.0. The summed E-state index contributed by atoms with van der Waals surface area (Å²) < 4.78 is 0. The molecule has 1 heterocycles. The quantitative estimate of drug-likeness (QED) is 0.163. The highest BCUT2D eigenvalue weighted by molar-refractivity contribution is 6.04. The average molecular weight is 752 g/mol. The number of hydrogen-bond acceptors (Lipinski definition) is 3. The van der Waals surface area contributed by atoms with E-state index >= 15 is 0 Å². The highest BCUT2D eigenvalue weighted by Crippen LogP contribution is 2.57. The minimum Gasteiger partial charge on any atom is -0.208 e. The van der Waals surface area contributed by atoms with Crippen molar-refractivity contribution in [2.24, 2.45) is 0 Å². The molecule has 0 spiro atoms. The highest BCUT2D eigenvalue weighted by Gasteiger charge is 2.46. The monoisotopic (exact) mass is 751 g/mol. The van der Waals surface area contributed by atoms with Crippen LogP contribution in [0.5, 0.6) is 0 Å². The third-order valence-electron chi connectivity index (χ3n) is 11.8. The molecule has 59 heavy (non-hydrogen) atoms. The van der Waals surface area contributed by atoms with Gasteiger partial charge in [-0.25, -0.2) is 15.0 Å². The largest absolute Gasteiger partial charge is 0.208 e. The van der Waals surface area contributed by atoms with Crippen molar-refractivity contribution < 1.29 is 0 Å². The average Bonchev–Trinajstić information content (AvgIpc) is 3.64. The maximum atomic E-state index is 5.06. The predicted octanol–water partition coefficient (Wildman–Crippen LogP) is 13.7. The Bertz CT molecular complexity index is 3120. The molecular formula is C56H37N3. The SMILES string of the molecule is c1ccc(-c2cccc(-c3nc(-c4ccccc4)nc(-c4ccc(-c5ccc(C6(c7ccccc7)c7ccccc7-c7c6ccc6ccccc76)cc5)cc4)n3)c2)cc1. The van der Waals surface area contributed by atoms with Gasteiger partial charge in [-0.3, -0.25) is 0 Å². The van der Waals surface area contributed by atoms with E-state index < -0.39 is 5.41 Å². The van der Waals surface area contributed by atoms with Crippen molar-refractivity contribution in [1.82, 2.24) is 15.0 Å². The van der Waals surface area contributed by atoms with Crippen LogP contribution in [-0.4, -0.2) is 15.0 Å². The van der Waals surface area contributed by atoms with Gasteiger partial charge in [0, 0.05) is 16.7 Å². The van der Waals surface area contributed by atoms with Crippen molar-refractivity contribution in [3.05, 3.63) is 247 Å². The first-order valence-electron chi connectivity index (χ1n) is 20.1. The lowest BCUT2D eigenvalue weighted by molar-refractivity contribution is 0.769. The fraction of sp³-hybridized carbons (Fsp3) is 0.0179. The molecule has 0 N–H and O–H groups in total. The van der Waals surface area contributed by atoms with Crippen molar-refractivity contribution in [2.75, 3.05) is 0 Å². The van der Waals surface area contributed by atoms with Gasteiger partial charge in [0.05, 0.1) is 5.41 Å². The van der Waals surface area contributed by atoms with Crippen LogP contribution >= 0.6 is 0 Å². The molecular weight excluding hydrogens is 715 g/mol. The van der Waals surface area contributed by atoms with Gasteiger partial charge in [0.25, 0.3) is 0 Å². The second-order valence-electron chi connectivity index (χ2n) is 15.1. The topological polar surface area (TPSA) is 38.7 Å². The fourth-order valence-electron chi connectivity index (χ4n) is 9.07. The molecule has 3 nitrogen and oxygen atoms in total. The van der Waals surface area contributed by atoms with Crippen molar-refractivity contribution in [1.29, 1.82) is 0 Å². The number of fused-ring (bicyclic) bond motifs is 5. The Balaban J connectivity index is 0.984. The van der Waals surface area contributed by atoms with Gasteiger partial charge in [0.15, 0.2) is 17.5 Å². The van der Waals surface area contributed by atoms with Crippen LogP contribution in [0.1, 0.15) is 22.3 Å². The van der Waals surface area contributed by atoms with Crippen molar-refractivity contribution >= 4 is 10.8 Å². The summed E-state index contributed by atoms with van der Waals surface area (Å²) in [6, 6.07) is 80.1. The molecule has 1 atom stereocenters. The number of benzene rings is 9. The van der Waals surface area contributed by atoms with E-state index in [0.717, 1.165) is 38.9 Å². The van der Waals surface area contributed by atoms with Crippen molar-refractivity contribution in [3.8, 4) is 67.5 Å². The van der Waals surface area contributed by atoms with Gasteiger partial charge in [-0.05, 0) is 72.5 Å². The van der Waals surface area contributed by atoms with Crippen LogP contribution in [-0.2, 0) is 5.41 Å². The molecule has 0 fully saturated rings. The first kappa shape index (κ1) is 34.5. The minimum atomic E-state index is -0.465. The van der Waals surface area contributed by atoms with Crippen LogP contribution in [0.4, 0.5) is 0 Å². The molecule has 11 rings (SSSR count). The standard InChI is InChI=1S/C56H37N3/c1-4-15-38(16-5-1)44-20-14-21-45(37-44)55-58-53(42-18-6-2-7-19-42)57-54(59-55)43-29-27-39(28-30-43)40-31-34-47(35-32-40)56(46-22-8-3-9-23-46)50-26-13-12-25-49(50)52-48-24-11-10-17-41(48)33-36-51(52)56/h1-37H. The van der Waals surface area contributed by atoms with E-state index in [-0.39, 0.29) is 0 Å². The van der Waals surface area contributed by atoms with E-state index in [1.807, 2.05) is 36.4 Å². The molecule has 0 bridgehead atoms. The van der Waals surface area contributed by atoms with Crippen molar-refractivity contribution in [3.63, 3.8) is 0 Å². The Morgan fingerprint density at radius 1 is 0.288 bits per heavy atom. The maximum Gasteiger partial charge on any atom is 0.164 e. The summed E-state index contributed by atoms with van der Waals surface area (Å²) in [5.41, 5.74) is 14.6. The lowest BCUT2D eigenvalue weighted by Crippen LogP contribution is -2.28. The predicted molar refractivity (Wildman–Crippen MR) is 242 cm³/mol. The Hall–Kier alpha value is -7.75. The summed E-state index contributed by atoms with van der Waals surface area (Å²) in [5.74, 6) is 1.92. The van der Waals surface area contributed by atoms with E-state index in [1.54, 1.807) is 0 Å². The second kappa shape index (κ2) is 14.3. The van der Waals surface area contributed by atoms with Crippen molar-refractivity contribution in [2.45, 2.75) is 5.41 Å². The molecule has 0 aliphatic heterocycles. The van der Waals surface area contributed by atoms with Gasteiger partial charge in [-0.1, -0.05) is 218 Å². The summed E-state index contributed by atoms with van der Waals surface area (Å²) in [6.45, 7) is 0. The molecule has 9 aromatic carbocycles. The zero-order valence-corrected chi connectivity index (χ0v) is 32.2. The molecule has 10 aromatic rings. The van der Waals surface area contributed by atoms with Gasteiger partial charge in [0.1, 0.15) is 0 Å². The third-order valence-corrected chi connectivity index (χ3v) is 11.8. The van der Waals surface area contributed by atoms with Gasteiger partial charge in [0.2, 0.25) is 0 Å². The molecule has 0 saturated heterocycles. The number of aromatic nitrogens is 3. The van der Waals surface area contributed by atoms with Crippen LogP contribution in [0.25, 0.3) is 78.3 Å². The van der Waals surface area contributed by atoms with E-state index in [0.29, 0.717) is 17.5 Å². The minimum absolute atomic E-state index is 0.465. The summed E-state index contributed by atoms with van der Waals surface area (Å²) in [7, 11) is 0. The Morgan fingerprint density at radius 3 is 1.47 bits per heavy atom. The van der Waals surface area contributed by atoms with Crippen LogP contribution < -0.4 is 0 Å². The van der Waals surface area contributed by atoms with E-state index in [1.165, 1.54) is 44.2 Å². The van der Waals surface area contributed by atoms with Gasteiger partial charge in [-0.15, -0.1) is 0 Å². The van der Waals surface area contributed by atoms with Gasteiger partial charge >= 0.3 is 0 Å². The molecule has 1 aliphatic carbocycles. The Kier molecular flexibility index (Phi) is 8.37. The zero-order valence-electron chi connectivity index (χ0n) is 32.2. The molecule has 1 unspecified atom stereocenters. The maximum absolute atomic E-state index is 5.06. The number of nitrogens with zero attached hydrogens (tertiary/aromatic N) is 3. The van der Waals surface area contributed by atoms with Gasteiger partial charge < -0.3 is 0 Å². The molecule has 1 aliphatic rings. The summed E-state index contributed by atoms with van der Waals surface area (Å²) in [6.07, 6.45) is 0. The van der Waals surface area contributed by atoms with Crippen LogP contribution in [0.2, 0.25) is 0 Å². The first-order valence-corrected chi connectivity index (χ1v) is 20.1. The normalized spacial score (nSPS) is 14.2. The smallest absolute Gasteiger partial charge is 0.164 e. The summed E-state index contributed by atoms with van der Waals surface area (Å²) in [4.78, 5) is 15.1. The summed E-state index contributed by atoms with van der Waals surface area (Å²) >= 11 is 0. The first-order chi connectivity index (χ1) is 29.2. The van der Waals surface area contributed by atoms with Crippen LogP contribution in [0.3, 0.4) is 0 Å². The molecule has 1 aromatic heterocycles. The van der Waals surface area contributed by atoms with E-state index in [4.69, 9.17) is 15.0 Å². The summed E-state index contributed by atoms with van der Waals surface area (Å²) in [5, 5.41) is 2.54. The molecule has 0 radical (unpaired) electrons. The Labute approximate surface area is 344 Å². The zero-order chi connectivity index (χ0) is 39.2. The molecule has 0 saturated carbocycles. The lowest BCUT2D eigenvalue weighted by Gasteiger charge is -2.34. The second-order valence-corrected chi connectivity index (χ2v) is 15.1. The lowest BCUT2D eigenvalue weighted by atomic mass is 9.67. The Morgan fingerprint density at radius 2 is 0.763 bits per heavy atom. The van der Waals surface area contributed by atoms with E-state index in [9.17, 15) is 0 Å².